The van der Waals surface area contributed by atoms with Crippen LogP contribution in [0.2, 0.25) is 0 Å². The molecule has 1 aliphatic rings. The third-order valence-corrected chi connectivity index (χ3v) is 5.97. The summed E-state index contributed by atoms with van der Waals surface area (Å²) in [6, 6.07) is 21.3. The molecule has 146 valence electrons. The van der Waals surface area contributed by atoms with Crippen molar-refractivity contribution in [2.45, 2.75) is 19.1 Å². The summed E-state index contributed by atoms with van der Waals surface area (Å²) in [6.45, 7) is 2.36. The molecular formula is C24H21NO3S. The van der Waals surface area contributed by atoms with Gasteiger partial charge in [0.2, 0.25) is 0 Å². The minimum Gasteiger partial charge on any atom is -0.468 e. The van der Waals surface area contributed by atoms with Gasteiger partial charge in [0.25, 0.3) is 11.8 Å². The highest BCUT2D eigenvalue weighted by molar-refractivity contribution is 8.03. The lowest BCUT2D eigenvalue weighted by Gasteiger charge is -2.15. The van der Waals surface area contributed by atoms with Crippen LogP contribution in [0.5, 0.6) is 0 Å². The molecule has 2 heterocycles. The Balaban J connectivity index is 1.60. The number of amides is 2. The third kappa shape index (κ3) is 4.20. The molecular weight excluding hydrogens is 382 g/mol. The molecule has 0 fully saturated rings. The van der Waals surface area contributed by atoms with Gasteiger partial charge in [0.05, 0.1) is 22.5 Å². The van der Waals surface area contributed by atoms with Crippen molar-refractivity contribution in [3.63, 3.8) is 0 Å². The van der Waals surface area contributed by atoms with Gasteiger partial charge in [-0.15, -0.1) is 11.8 Å². The monoisotopic (exact) mass is 403 g/mol. The molecule has 0 radical (unpaired) electrons. The number of hydrogen-bond donors (Lipinski definition) is 0. The molecule has 0 aliphatic carbocycles. The zero-order chi connectivity index (χ0) is 20.2. The molecule has 0 saturated heterocycles. The Morgan fingerprint density at radius 1 is 0.897 bits per heavy atom. The first kappa shape index (κ1) is 19.3. The first-order valence-electron chi connectivity index (χ1n) is 9.50. The molecule has 0 N–H and O–H groups in total. The molecule has 1 aliphatic heterocycles. The lowest BCUT2D eigenvalue weighted by Crippen LogP contribution is -2.33. The lowest BCUT2D eigenvalue weighted by molar-refractivity contribution is -0.136. The van der Waals surface area contributed by atoms with Gasteiger partial charge in [-0.25, -0.2) is 0 Å². The molecule has 5 heteroatoms. The average Bonchev–Trinajstić information content (AvgIpc) is 3.33. The highest BCUT2D eigenvalue weighted by atomic mass is 32.2. The highest BCUT2D eigenvalue weighted by Gasteiger charge is 2.38. The maximum Gasteiger partial charge on any atom is 0.268 e. The number of furan rings is 1. The second-order valence-electron chi connectivity index (χ2n) is 6.94. The van der Waals surface area contributed by atoms with Gasteiger partial charge in [0, 0.05) is 6.54 Å². The first-order chi connectivity index (χ1) is 14.1. The number of imide groups is 1. The minimum absolute atomic E-state index is 0.224. The van der Waals surface area contributed by atoms with Crippen molar-refractivity contribution in [1.29, 1.82) is 0 Å². The Morgan fingerprint density at radius 2 is 1.66 bits per heavy atom. The van der Waals surface area contributed by atoms with Crippen LogP contribution in [-0.2, 0) is 21.8 Å². The van der Waals surface area contributed by atoms with Crippen molar-refractivity contribution in [2.75, 3.05) is 6.54 Å². The number of carbonyl (C=O) groups is 2. The number of rotatable bonds is 7. The van der Waals surface area contributed by atoms with Crippen LogP contribution in [-0.4, -0.2) is 23.3 Å². The summed E-state index contributed by atoms with van der Waals surface area (Å²) in [5.74, 6) is 0.826. The van der Waals surface area contributed by atoms with Gasteiger partial charge in [0.1, 0.15) is 5.76 Å². The molecule has 4 nitrogen and oxygen atoms in total. The molecule has 0 bridgehead atoms. The summed E-state index contributed by atoms with van der Waals surface area (Å²) in [5.41, 5.74) is 3.47. The van der Waals surface area contributed by atoms with Crippen molar-refractivity contribution in [2.24, 2.45) is 0 Å². The number of nitrogens with zero attached hydrogens (tertiary/aromatic N) is 1. The maximum absolute atomic E-state index is 13.2. The van der Waals surface area contributed by atoms with Crippen molar-refractivity contribution in [1.82, 2.24) is 4.90 Å². The van der Waals surface area contributed by atoms with Crippen LogP contribution < -0.4 is 0 Å². The molecule has 0 unspecified atom stereocenters. The number of hydrogen-bond acceptors (Lipinski definition) is 4. The third-order valence-electron chi connectivity index (χ3n) is 4.87. The zero-order valence-electron chi connectivity index (χ0n) is 16.1. The van der Waals surface area contributed by atoms with E-state index in [2.05, 4.69) is 0 Å². The average molecular weight is 404 g/mol. The van der Waals surface area contributed by atoms with E-state index >= 15 is 0 Å². The molecule has 3 aromatic rings. The van der Waals surface area contributed by atoms with Gasteiger partial charge >= 0.3 is 0 Å². The van der Waals surface area contributed by atoms with E-state index in [1.165, 1.54) is 16.7 Å². The van der Waals surface area contributed by atoms with Gasteiger partial charge in [0.15, 0.2) is 0 Å². The van der Waals surface area contributed by atoms with E-state index in [1.54, 1.807) is 6.26 Å². The predicted molar refractivity (Wildman–Crippen MR) is 115 cm³/mol. The first-order valence-corrected chi connectivity index (χ1v) is 10.5. The molecule has 0 spiro atoms. The topological polar surface area (TPSA) is 50.5 Å². The van der Waals surface area contributed by atoms with Crippen LogP contribution >= 0.6 is 11.8 Å². The van der Waals surface area contributed by atoms with Crippen LogP contribution in [0.25, 0.3) is 5.57 Å². The SMILES string of the molecule is Cc1ccc(C2=C(SCc3ccco3)C(=O)N(CCc3ccccc3)C2=O)cc1. The maximum atomic E-state index is 13.2. The van der Waals surface area contributed by atoms with E-state index in [0.717, 1.165) is 22.5 Å². The van der Waals surface area contributed by atoms with Crippen LogP contribution in [0, 0.1) is 6.92 Å². The molecule has 29 heavy (non-hydrogen) atoms. The van der Waals surface area contributed by atoms with Gasteiger partial charge in [-0.3, -0.25) is 14.5 Å². The highest BCUT2D eigenvalue weighted by Crippen LogP contribution is 2.37. The molecule has 2 amide bonds. The van der Waals surface area contributed by atoms with Crippen LogP contribution in [0.1, 0.15) is 22.5 Å². The summed E-state index contributed by atoms with van der Waals surface area (Å²) >= 11 is 1.36. The van der Waals surface area contributed by atoms with Crippen LogP contribution in [0.15, 0.2) is 82.3 Å². The van der Waals surface area contributed by atoms with Gasteiger partial charge in [-0.05, 0) is 36.6 Å². The molecule has 0 atom stereocenters. The summed E-state index contributed by atoms with van der Waals surface area (Å²) in [7, 11) is 0. The zero-order valence-corrected chi connectivity index (χ0v) is 16.9. The molecule has 4 rings (SSSR count). The van der Waals surface area contributed by atoms with E-state index in [9.17, 15) is 9.59 Å². The van der Waals surface area contributed by atoms with E-state index < -0.39 is 0 Å². The fourth-order valence-corrected chi connectivity index (χ4v) is 4.32. The van der Waals surface area contributed by atoms with Crippen molar-refractivity contribution in [3.8, 4) is 0 Å². The Hall–Kier alpha value is -3.05. The van der Waals surface area contributed by atoms with Crippen LogP contribution in [0.4, 0.5) is 0 Å². The molecule has 0 saturated carbocycles. The normalized spacial score (nSPS) is 14.2. The Bertz CT molecular complexity index is 1040. The predicted octanol–water partition coefficient (Wildman–Crippen LogP) is 4.84. The van der Waals surface area contributed by atoms with E-state index in [0.29, 0.717) is 29.2 Å². The standard InChI is InChI=1S/C24H21NO3S/c1-17-9-11-19(12-10-17)21-22(29-16-20-8-5-15-28-20)24(27)25(23(21)26)14-13-18-6-3-2-4-7-18/h2-12,15H,13-14,16H2,1H3. The van der Waals surface area contributed by atoms with Gasteiger partial charge in [-0.1, -0.05) is 60.2 Å². The number of benzene rings is 2. The number of carbonyl (C=O) groups excluding carboxylic acids is 2. The fraction of sp³-hybridized carbons (Fsp3) is 0.167. The number of aryl methyl sites for hydroxylation is 1. The van der Waals surface area contributed by atoms with Crippen molar-refractivity contribution in [3.05, 3.63) is 100 Å². The van der Waals surface area contributed by atoms with E-state index in [1.807, 2.05) is 73.7 Å². The summed E-state index contributed by atoms with van der Waals surface area (Å²) in [4.78, 5) is 28.2. The summed E-state index contributed by atoms with van der Waals surface area (Å²) < 4.78 is 5.39. The van der Waals surface area contributed by atoms with Gasteiger partial charge in [-0.2, -0.15) is 0 Å². The Labute approximate surface area is 174 Å². The smallest absolute Gasteiger partial charge is 0.268 e. The summed E-state index contributed by atoms with van der Waals surface area (Å²) in [6.07, 6.45) is 2.24. The van der Waals surface area contributed by atoms with E-state index in [4.69, 9.17) is 4.42 Å². The Kier molecular flexibility index (Phi) is 5.67. The van der Waals surface area contributed by atoms with Crippen molar-refractivity contribution < 1.29 is 14.0 Å². The summed E-state index contributed by atoms with van der Waals surface area (Å²) in [5, 5.41) is 0. The fourth-order valence-electron chi connectivity index (χ4n) is 3.29. The second kappa shape index (κ2) is 8.53. The number of thioether (sulfide) groups is 1. The van der Waals surface area contributed by atoms with E-state index in [-0.39, 0.29) is 11.8 Å². The quantitative estimate of drug-likeness (QED) is 0.530. The van der Waals surface area contributed by atoms with Crippen molar-refractivity contribution >= 4 is 29.1 Å². The largest absolute Gasteiger partial charge is 0.468 e. The van der Waals surface area contributed by atoms with Crippen LogP contribution in [0.3, 0.4) is 0 Å². The molecule has 1 aromatic heterocycles. The molecule has 2 aromatic carbocycles. The minimum atomic E-state index is -0.225. The second-order valence-corrected chi connectivity index (χ2v) is 7.92. The Morgan fingerprint density at radius 3 is 2.34 bits per heavy atom. The van der Waals surface area contributed by atoms with Gasteiger partial charge < -0.3 is 4.42 Å². The lowest BCUT2D eigenvalue weighted by atomic mass is 10.0.